The number of nitriles is 1. The number of hydrogen-bond donors (Lipinski definition) is 0. The zero-order valence-electron chi connectivity index (χ0n) is 11.0. The number of piperidine rings is 1. The maximum atomic E-state index is 12.7. The van der Waals surface area contributed by atoms with Crippen molar-refractivity contribution in [1.82, 2.24) is 4.31 Å². The summed E-state index contributed by atoms with van der Waals surface area (Å²) in [6.07, 6.45) is -3.79. The molecule has 0 saturated carbocycles. The second kappa shape index (κ2) is 5.66. The minimum absolute atomic E-state index is 0.150. The third kappa shape index (κ3) is 3.36. The Balaban J connectivity index is 2.27. The molecule has 0 radical (unpaired) electrons. The SMILES string of the molecule is N#CC1CCN(S(=O)(=O)c2cccc(C(F)(F)F)c2)CC1. The van der Waals surface area contributed by atoms with Crippen molar-refractivity contribution in [2.45, 2.75) is 23.9 Å². The van der Waals surface area contributed by atoms with Crippen LogP contribution in [0.4, 0.5) is 13.2 Å². The smallest absolute Gasteiger partial charge is 0.207 e. The van der Waals surface area contributed by atoms with E-state index in [1.165, 1.54) is 0 Å². The third-order valence-corrected chi connectivity index (χ3v) is 5.33. The number of halogens is 3. The Morgan fingerprint density at radius 1 is 1.24 bits per heavy atom. The van der Waals surface area contributed by atoms with Gasteiger partial charge in [-0.05, 0) is 31.0 Å². The largest absolute Gasteiger partial charge is 0.416 e. The van der Waals surface area contributed by atoms with Crippen LogP contribution in [0.1, 0.15) is 18.4 Å². The highest BCUT2D eigenvalue weighted by atomic mass is 32.2. The van der Waals surface area contributed by atoms with E-state index in [1.54, 1.807) is 0 Å². The fourth-order valence-electron chi connectivity index (χ4n) is 2.21. The first kappa shape index (κ1) is 15.8. The molecule has 1 saturated heterocycles. The first-order valence-electron chi connectivity index (χ1n) is 6.32. The predicted octanol–water partition coefficient (Wildman–Crippen LogP) is 2.63. The lowest BCUT2D eigenvalue weighted by molar-refractivity contribution is -0.137. The number of benzene rings is 1. The topological polar surface area (TPSA) is 61.2 Å². The lowest BCUT2D eigenvalue weighted by Crippen LogP contribution is -2.38. The summed E-state index contributed by atoms with van der Waals surface area (Å²) in [4.78, 5) is -0.368. The highest BCUT2D eigenvalue weighted by Crippen LogP contribution is 2.31. The van der Waals surface area contributed by atoms with Gasteiger partial charge in [0.2, 0.25) is 10.0 Å². The van der Waals surface area contributed by atoms with Crippen molar-refractivity contribution in [3.05, 3.63) is 29.8 Å². The highest BCUT2D eigenvalue weighted by molar-refractivity contribution is 7.89. The number of rotatable bonds is 2. The summed E-state index contributed by atoms with van der Waals surface area (Å²) in [5, 5.41) is 8.78. The van der Waals surface area contributed by atoms with E-state index in [1.807, 2.05) is 0 Å². The van der Waals surface area contributed by atoms with Gasteiger partial charge in [-0.2, -0.15) is 22.7 Å². The maximum absolute atomic E-state index is 12.7. The molecule has 1 heterocycles. The van der Waals surface area contributed by atoms with Gasteiger partial charge in [-0.3, -0.25) is 0 Å². The third-order valence-electron chi connectivity index (χ3n) is 3.44. The molecule has 0 N–H and O–H groups in total. The zero-order valence-corrected chi connectivity index (χ0v) is 11.8. The molecule has 0 atom stereocenters. The van der Waals surface area contributed by atoms with Crippen LogP contribution in [-0.2, 0) is 16.2 Å². The van der Waals surface area contributed by atoms with Gasteiger partial charge in [0.1, 0.15) is 0 Å². The van der Waals surface area contributed by atoms with Crippen LogP contribution in [0.2, 0.25) is 0 Å². The van der Waals surface area contributed by atoms with Crippen molar-refractivity contribution in [1.29, 1.82) is 5.26 Å². The molecule has 4 nitrogen and oxygen atoms in total. The zero-order chi connectivity index (χ0) is 15.7. The Hall–Kier alpha value is -1.59. The molecule has 0 spiro atoms. The molecule has 1 aromatic rings. The molecule has 0 aliphatic carbocycles. The van der Waals surface area contributed by atoms with Crippen LogP contribution in [0.15, 0.2) is 29.2 Å². The van der Waals surface area contributed by atoms with Gasteiger partial charge >= 0.3 is 6.18 Å². The first-order valence-corrected chi connectivity index (χ1v) is 7.76. The number of hydrogen-bond acceptors (Lipinski definition) is 3. The standard InChI is InChI=1S/C13H13F3N2O2S/c14-13(15,16)11-2-1-3-12(8-11)21(19,20)18-6-4-10(9-17)5-7-18/h1-3,8,10H,4-7H2. The lowest BCUT2D eigenvalue weighted by atomic mass is 10.0. The Morgan fingerprint density at radius 2 is 1.86 bits per heavy atom. The minimum atomic E-state index is -4.58. The number of nitrogens with zero attached hydrogens (tertiary/aromatic N) is 2. The van der Waals surface area contributed by atoms with E-state index in [9.17, 15) is 21.6 Å². The molecule has 0 amide bonds. The molecule has 0 unspecified atom stereocenters. The Labute approximate surface area is 120 Å². The fraction of sp³-hybridized carbons (Fsp3) is 0.462. The van der Waals surface area contributed by atoms with Crippen molar-refractivity contribution in [3.8, 4) is 6.07 Å². The molecule has 1 fully saturated rings. The van der Waals surface area contributed by atoms with E-state index in [2.05, 4.69) is 6.07 Å². The van der Waals surface area contributed by atoms with Gasteiger partial charge in [-0.1, -0.05) is 6.07 Å². The molecule has 1 aliphatic heterocycles. The number of alkyl halides is 3. The normalized spacial score (nSPS) is 18.4. The lowest BCUT2D eigenvalue weighted by Gasteiger charge is -2.28. The summed E-state index contributed by atoms with van der Waals surface area (Å²) in [7, 11) is -3.95. The van der Waals surface area contributed by atoms with Crippen molar-refractivity contribution in [3.63, 3.8) is 0 Å². The monoisotopic (exact) mass is 318 g/mol. The van der Waals surface area contributed by atoms with E-state index >= 15 is 0 Å². The second-order valence-corrected chi connectivity index (χ2v) is 6.77. The van der Waals surface area contributed by atoms with E-state index < -0.39 is 21.8 Å². The van der Waals surface area contributed by atoms with E-state index in [-0.39, 0.29) is 23.9 Å². The summed E-state index contributed by atoms with van der Waals surface area (Å²) < 4.78 is 63.8. The fourth-order valence-corrected chi connectivity index (χ4v) is 3.72. The molecular formula is C13H13F3N2O2S. The molecular weight excluding hydrogens is 305 g/mol. The summed E-state index contributed by atoms with van der Waals surface area (Å²) in [5.41, 5.74) is -0.990. The van der Waals surface area contributed by atoms with Crippen LogP contribution < -0.4 is 0 Å². The molecule has 8 heteroatoms. The molecule has 21 heavy (non-hydrogen) atoms. The maximum Gasteiger partial charge on any atom is 0.416 e. The summed E-state index contributed by atoms with van der Waals surface area (Å²) >= 11 is 0. The van der Waals surface area contributed by atoms with Crippen LogP contribution in [-0.4, -0.2) is 25.8 Å². The Kier molecular flexibility index (Phi) is 4.25. The summed E-state index contributed by atoms with van der Waals surface area (Å²) in [5.74, 6) is -0.196. The Morgan fingerprint density at radius 3 is 2.38 bits per heavy atom. The van der Waals surface area contributed by atoms with Crippen LogP contribution in [0.3, 0.4) is 0 Å². The van der Waals surface area contributed by atoms with Crippen LogP contribution in [0.25, 0.3) is 0 Å². The van der Waals surface area contributed by atoms with Gasteiger partial charge in [-0.25, -0.2) is 8.42 Å². The van der Waals surface area contributed by atoms with Gasteiger partial charge in [0.05, 0.1) is 16.5 Å². The van der Waals surface area contributed by atoms with Gasteiger partial charge in [-0.15, -0.1) is 0 Å². The number of sulfonamides is 1. The molecule has 1 aliphatic rings. The Bertz CT molecular complexity index is 657. The van der Waals surface area contributed by atoms with Crippen LogP contribution in [0.5, 0.6) is 0 Å². The molecule has 1 aromatic carbocycles. The predicted molar refractivity (Wildman–Crippen MR) is 68.5 cm³/mol. The van der Waals surface area contributed by atoms with Gasteiger partial charge in [0.15, 0.2) is 0 Å². The van der Waals surface area contributed by atoms with Crippen molar-refractivity contribution in [2.24, 2.45) is 5.92 Å². The van der Waals surface area contributed by atoms with Gasteiger partial charge in [0, 0.05) is 19.0 Å². The molecule has 2 rings (SSSR count). The first-order chi connectivity index (χ1) is 9.75. The van der Waals surface area contributed by atoms with E-state index in [0.717, 1.165) is 22.5 Å². The van der Waals surface area contributed by atoms with Crippen molar-refractivity contribution in [2.75, 3.05) is 13.1 Å². The molecule has 114 valence electrons. The molecule has 0 bridgehead atoms. The highest BCUT2D eigenvalue weighted by Gasteiger charge is 2.34. The van der Waals surface area contributed by atoms with Crippen molar-refractivity contribution >= 4 is 10.0 Å². The second-order valence-electron chi connectivity index (χ2n) is 4.83. The quantitative estimate of drug-likeness (QED) is 0.842. The summed E-state index contributed by atoms with van der Waals surface area (Å²) in [6.45, 7) is 0.299. The minimum Gasteiger partial charge on any atom is -0.207 e. The van der Waals surface area contributed by atoms with Crippen LogP contribution >= 0.6 is 0 Å². The van der Waals surface area contributed by atoms with Crippen LogP contribution in [0, 0.1) is 17.2 Å². The average Bonchev–Trinajstić information content (AvgIpc) is 2.46. The van der Waals surface area contributed by atoms with Gasteiger partial charge < -0.3 is 0 Å². The van der Waals surface area contributed by atoms with Gasteiger partial charge in [0.25, 0.3) is 0 Å². The average molecular weight is 318 g/mol. The van der Waals surface area contributed by atoms with E-state index in [4.69, 9.17) is 5.26 Å². The summed E-state index contributed by atoms with van der Waals surface area (Å²) in [6, 6.07) is 5.79. The molecule has 0 aromatic heterocycles. The van der Waals surface area contributed by atoms with Crippen molar-refractivity contribution < 1.29 is 21.6 Å². The van der Waals surface area contributed by atoms with E-state index in [0.29, 0.717) is 18.9 Å².